The van der Waals surface area contributed by atoms with E-state index in [1.165, 1.54) is 12.1 Å². The summed E-state index contributed by atoms with van der Waals surface area (Å²) < 4.78 is 38.4. The van der Waals surface area contributed by atoms with E-state index in [-0.39, 0.29) is 11.4 Å². The Kier molecular flexibility index (Phi) is 4.98. The van der Waals surface area contributed by atoms with Crippen LogP contribution in [0.2, 0.25) is 0 Å². The van der Waals surface area contributed by atoms with E-state index >= 15 is 0 Å². The molecule has 2 N–H and O–H groups in total. The second-order valence-corrected chi connectivity index (χ2v) is 7.68. The average Bonchev–Trinajstić information content (AvgIpc) is 2.48. The second kappa shape index (κ2) is 6.58. The van der Waals surface area contributed by atoms with Gasteiger partial charge in [-0.3, -0.25) is 0 Å². The molecule has 5 heteroatoms. The lowest BCUT2D eigenvalue weighted by molar-refractivity contribution is 0.581. The maximum Gasteiger partial charge on any atom is 0.186 e. The van der Waals surface area contributed by atoms with Gasteiger partial charge >= 0.3 is 0 Å². The van der Waals surface area contributed by atoms with Crippen LogP contribution in [0.1, 0.15) is 36.1 Å². The van der Waals surface area contributed by atoms with Crippen LogP contribution >= 0.6 is 0 Å². The Morgan fingerprint density at radius 2 is 1.45 bits per heavy atom. The van der Waals surface area contributed by atoms with Crippen molar-refractivity contribution in [2.24, 2.45) is 5.73 Å². The van der Waals surface area contributed by atoms with Gasteiger partial charge in [0.15, 0.2) is 9.84 Å². The lowest BCUT2D eigenvalue weighted by Crippen LogP contribution is -2.22. The highest BCUT2D eigenvalue weighted by atomic mass is 32.2. The summed E-state index contributed by atoms with van der Waals surface area (Å²) in [6, 6.07) is 12.3. The van der Waals surface area contributed by atoms with Crippen molar-refractivity contribution in [1.29, 1.82) is 0 Å². The van der Waals surface area contributed by atoms with Gasteiger partial charge in [-0.25, -0.2) is 12.8 Å². The van der Waals surface area contributed by atoms with Crippen LogP contribution in [0.5, 0.6) is 0 Å². The molecule has 2 aromatic rings. The zero-order chi connectivity index (χ0) is 16.3. The molecule has 0 saturated heterocycles. The van der Waals surface area contributed by atoms with E-state index in [1.54, 1.807) is 12.1 Å². The summed E-state index contributed by atoms with van der Waals surface area (Å²) in [5.74, 6) is -0.0939. The minimum absolute atomic E-state index is 0.0270. The SMILES string of the molecule is CC(C)c1ccc(C(CN)S(=O)(=O)c2ccc(F)cc2)cc1. The van der Waals surface area contributed by atoms with Gasteiger partial charge in [0.25, 0.3) is 0 Å². The Hall–Kier alpha value is -1.72. The van der Waals surface area contributed by atoms with E-state index in [4.69, 9.17) is 5.73 Å². The van der Waals surface area contributed by atoms with Crippen LogP contribution in [-0.4, -0.2) is 15.0 Å². The smallest absolute Gasteiger partial charge is 0.186 e. The van der Waals surface area contributed by atoms with Gasteiger partial charge < -0.3 is 5.73 Å². The van der Waals surface area contributed by atoms with Crippen LogP contribution < -0.4 is 5.73 Å². The molecule has 3 nitrogen and oxygen atoms in total. The Morgan fingerprint density at radius 3 is 1.91 bits per heavy atom. The van der Waals surface area contributed by atoms with Crippen molar-refractivity contribution in [2.75, 3.05) is 6.54 Å². The maximum absolute atomic E-state index is 13.0. The van der Waals surface area contributed by atoms with E-state index in [0.717, 1.165) is 17.7 Å². The maximum atomic E-state index is 13.0. The Morgan fingerprint density at radius 1 is 0.955 bits per heavy atom. The molecule has 0 aliphatic heterocycles. The third-order valence-corrected chi connectivity index (χ3v) is 5.85. The molecule has 2 rings (SSSR count). The fraction of sp³-hybridized carbons (Fsp3) is 0.294. The molecule has 0 radical (unpaired) electrons. The Bertz CT molecular complexity index is 722. The summed E-state index contributed by atoms with van der Waals surface area (Å²) in [5, 5.41) is -0.834. The lowest BCUT2D eigenvalue weighted by atomic mass is 10.0. The number of nitrogens with two attached hydrogens (primary N) is 1. The molecule has 118 valence electrons. The molecule has 0 aliphatic carbocycles. The summed E-state index contributed by atoms with van der Waals surface area (Å²) in [5.41, 5.74) is 7.49. The predicted octanol–water partition coefficient (Wildman–Crippen LogP) is 3.42. The van der Waals surface area contributed by atoms with Gasteiger partial charge in [-0.05, 0) is 41.3 Å². The highest BCUT2D eigenvalue weighted by Gasteiger charge is 2.28. The molecular formula is C17H20FNO2S. The first-order chi connectivity index (χ1) is 10.4. The van der Waals surface area contributed by atoms with Crippen molar-refractivity contribution < 1.29 is 12.8 Å². The quantitative estimate of drug-likeness (QED) is 0.858. The van der Waals surface area contributed by atoms with Crippen LogP contribution in [0.4, 0.5) is 4.39 Å². The molecule has 0 heterocycles. The van der Waals surface area contributed by atoms with Crippen molar-refractivity contribution in [3.05, 3.63) is 65.5 Å². The Labute approximate surface area is 130 Å². The molecule has 1 unspecified atom stereocenters. The molecule has 0 amide bonds. The van der Waals surface area contributed by atoms with Crippen LogP contribution in [0.25, 0.3) is 0 Å². The molecule has 0 spiro atoms. The van der Waals surface area contributed by atoms with E-state index < -0.39 is 20.9 Å². The number of hydrogen-bond donors (Lipinski definition) is 1. The number of hydrogen-bond acceptors (Lipinski definition) is 3. The lowest BCUT2D eigenvalue weighted by Gasteiger charge is -2.17. The fourth-order valence-electron chi connectivity index (χ4n) is 2.33. The van der Waals surface area contributed by atoms with Crippen molar-refractivity contribution >= 4 is 9.84 Å². The minimum Gasteiger partial charge on any atom is -0.329 e. The number of sulfone groups is 1. The number of benzene rings is 2. The second-order valence-electron chi connectivity index (χ2n) is 5.54. The molecule has 1 atom stereocenters. The molecule has 2 aromatic carbocycles. The first-order valence-electron chi connectivity index (χ1n) is 7.15. The van der Waals surface area contributed by atoms with Crippen LogP contribution in [0.3, 0.4) is 0 Å². The van der Waals surface area contributed by atoms with Gasteiger partial charge in [0.05, 0.1) is 4.90 Å². The van der Waals surface area contributed by atoms with Crippen molar-refractivity contribution in [3.8, 4) is 0 Å². The zero-order valence-electron chi connectivity index (χ0n) is 12.7. The first-order valence-corrected chi connectivity index (χ1v) is 8.70. The van der Waals surface area contributed by atoms with Gasteiger partial charge in [-0.15, -0.1) is 0 Å². The van der Waals surface area contributed by atoms with Crippen LogP contribution in [0, 0.1) is 5.82 Å². The van der Waals surface area contributed by atoms with Gasteiger partial charge in [-0.2, -0.15) is 0 Å². The van der Waals surface area contributed by atoms with Gasteiger partial charge in [0, 0.05) is 6.54 Å². The summed E-state index contributed by atoms with van der Waals surface area (Å²) in [6.45, 7) is 4.12. The number of rotatable bonds is 5. The highest BCUT2D eigenvalue weighted by molar-refractivity contribution is 7.91. The van der Waals surface area contributed by atoms with E-state index in [1.807, 2.05) is 12.1 Å². The van der Waals surface area contributed by atoms with Crippen LogP contribution in [-0.2, 0) is 9.84 Å². The molecule has 0 bridgehead atoms. The average molecular weight is 321 g/mol. The molecule has 0 saturated carbocycles. The van der Waals surface area contributed by atoms with E-state index in [9.17, 15) is 12.8 Å². The van der Waals surface area contributed by atoms with Gasteiger partial charge in [-0.1, -0.05) is 38.1 Å². The molecule has 22 heavy (non-hydrogen) atoms. The summed E-state index contributed by atoms with van der Waals surface area (Å²) in [4.78, 5) is 0.0808. The fourth-order valence-corrected chi connectivity index (χ4v) is 3.94. The number of halogens is 1. The van der Waals surface area contributed by atoms with Gasteiger partial charge in [0.2, 0.25) is 0 Å². The minimum atomic E-state index is -3.65. The standard InChI is InChI=1S/C17H20FNO2S/c1-12(2)13-3-5-14(6-4-13)17(11-19)22(20,21)16-9-7-15(18)8-10-16/h3-10,12,17H,11,19H2,1-2H3. The topological polar surface area (TPSA) is 60.2 Å². The normalized spacial score (nSPS) is 13.3. The third-order valence-electron chi connectivity index (χ3n) is 3.71. The van der Waals surface area contributed by atoms with Crippen molar-refractivity contribution in [3.63, 3.8) is 0 Å². The molecular weight excluding hydrogens is 301 g/mol. The molecule has 0 fully saturated rings. The zero-order valence-corrected chi connectivity index (χ0v) is 13.5. The summed E-state index contributed by atoms with van der Waals surface area (Å²) >= 11 is 0. The highest BCUT2D eigenvalue weighted by Crippen LogP contribution is 2.29. The molecule has 0 aromatic heterocycles. The Balaban J connectivity index is 2.40. The monoisotopic (exact) mass is 321 g/mol. The largest absolute Gasteiger partial charge is 0.329 e. The van der Waals surface area contributed by atoms with Gasteiger partial charge in [0.1, 0.15) is 11.1 Å². The predicted molar refractivity (Wildman–Crippen MR) is 85.9 cm³/mol. The summed E-state index contributed by atoms with van der Waals surface area (Å²) in [6.07, 6.45) is 0. The third kappa shape index (κ3) is 3.36. The van der Waals surface area contributed by atoms with E-state index in [2.05, 4.69) is 13.8 Å². The van der Waals surface area contributed by atoms with Crippen molar-refractivity contribution in [1.82, 2.24) is 0 Å². The molecule has 0 aliphatic rings. The van der Waals surface area contributed by atoms with E-state index in [0.29, 0.717) is 11.5 Å². The van der Waals surface area contributed by atoms with Crippen LogP contribution in [0.15, 0.2) is 53.4 Å². The first kappa shape index (κ1) is 16.6. The summed E-state index contributed by atoms with van der Waals surface area (Å²) in [7, 11) is -3.65. The van der Waals surface area contributed by atoms with Crippen molar-refractivity contribution in [2.45, 2.75) is 29.9 Å².